The van der Waals surface area contributed by atoms with Crippen LogP contribution in [0.2, 0.25) is 0 Å². The van der Waals surface area contributed by atoms with Gasteiger partial charge in [0.1, 0.15) is 0 Å². The first-order valence-corrected chi connectivity index (χ1v) is 7.24. The predicted molar refractivity (Wildman–Crippen MR) is 92.5 cm³/mol. The second kappa shape index (κ2) is 7.55. The van der Waals surface area contributed by atoms with Crippen LogP contribution in [0.3, 0.4) is 0 Å². The van der Waals surface area contributed by atoms with Crippen molar-refractivity contribution in [3.05, 3.63) is 70.8 Å². The summed E-state index contributed by atoms with van der Waals surface area (Å²) in [6, 6.07) is 16.4. The van der Waals surface area contributed by atoms with E-state index in [1.165, 1.54) is 16.7 Å². The van der Waals surface area contributed by atoms with Crippen LogP contribution in [0.1, 0.15) is 22.3 Å². The van der Waals surface area contributed by atoms with E-state index in [2.05, 4.69) is 60.0 Å². The topological polar surface area (TPSA) is 36.4 Å². The molecule has 108 valence electrons. The number of rotatable bonds is 4. The van der Waals surface area contributed by atoms with Crippen molar-refractivity contribution in [2.45, 2.75) is 20.4 Å². The van der Waals surface area contributed by atoms with Gasteiger partial charge in [0.2, 0.25) is 0 Å². The van der Waals surface area contributed by atoms with Gasteiger partial charge in [-0.25, -0.2) is 0 Å². The van der Waals surface area contributed by atoms with E-state index in [9.17, 15) is 0 Å². The second-order valence-electron chi connectivity index (χ2n) is 4.90. The number of aryl methyl sites for hydroxylation is 2. The number of thiocarbonyl (C=S) groups is 1. The fraction of sp³-hybridized carbons (Fsp3) is 0.176. The number of hydrogen-bond acceptors (Lipinski definition) is 2. The minimum absolute atomic E-state index is 0.514. The molecule has 0 saturated carbocycles. The fourth-order valence-corrected chi connectivity index (χ4v) is 2.00. The summed E-state index contributed by atoms with van der Waals surface area (Å²) in [5, 5.41) is 7.81. The van der Waals surface area contributed by atoms with Crippen LogP contribution < -0.4 is 10.7 Å². The normalized spacial score (nSPS) is 10.6. The molecule has 0 spiro atoms. The lowest BCUT2D eigenvalue weighted by atomic mass is 10.1. The maximum atomic E-state index is 5.19. The molecule has 2 N–H and O–H groups in total. The first-order chi connectivity index (χ1) is 10.1. The smallest absolute Gasteiger partial charge is 0.187 e. The van der Waals surface area contributed by atoms with Crippen LogP contribution in [-0.2, 0) is 6.54 Å². The SMILES string of the molecule is Cc1ccc(C)c(C=NNC(=S)NCc2ccccc2)c1. The van der Waals surface area contributed by atoms with Crippen LogP contribution in [0.4, 0.5) is 0 Å². The third kappa shape index (κ3) is 5.00. The largest absolute Gasteiger partial charge is 0.357 e. The molecule has 2 rings (SSSR count). The molecule has 0 aliphatic rings. The minimum atomic E-state index is 0.514. The molecular weight excluding hydrogens is 278 g/mol. The summed E-state index contributed by atoms with van der Waals surface area (Å²) in [6.07, 6.45) is 1.79. The van der Waals surface area contributed by atoms with Crippen molar-refractivity contribution < 1.29 is 0 Å². The van der Waals surface area contributed by atoms with Gasteiger partial charge < -0.3 is 5.32 Å². The van der Waals surface area contributed by atoms with Crippen LogP contribution in [0, 0.1) is 13.8 Å². The average Bonchev–Trinajstić information content (AvgIpc) is 2.50. The molecule has 4 heteroatoms. The van der Waals surface area contributed by atoms with Crippen molar-refractivity contribution >= 4 is 23.5 Å². The van der Waals surface area contributed by atoms with Gasteiger partial charge in [-0.05, 0) is 42.8 Å². The van der Waals surface area contributed by atoms with Gasteiger partial charge in [-0.3, -0.25) is 5.43 Å². The molecular formula is C17H19N3S. The summed E-state index contributed by atoms with van der Waals surface area (Å²) in [7, 11) is 0. The Morgan fingerprint density at radius 3 is 2.67 bits per heavy atom. The van der Waals surface area contributed by atoms with Crippen LogP contribution in [0.25, 0.3) is 0 Å². The molecule has 2 aromatic carbocycles. The molecule has 3 nitrogen and oxygen atoms in total. The Bertz CT molecular complexity index is 636. The highest BCUT2D eigenvalue weighted by Gasteiger charge is 1.96. The Morgan fingerprint density at radius 1 is 1.14 bits per heavy atom. The summed E-state index contributed by atoms with van der Waals surface area (Å²) >= 11 is 5.19. The Morgan fingerprint density at radius 2 is 1.90 bits per heavy atom. The summed E-state index contributed by atoms with van der Waals surface area (Å²) in [5.41, 5.74) is 7.51. The molecule has 0 saturated heterocycles. The summed E-state index contributed by atoms with van der Waals surface area (Å²) in [6.45, 7) is 4.81. The molecule has 21 heavy (non-hydrogen) atoms. The number of hydrazone groups is 1. The van der Waals surface area contributed by atoms with Crippen molar-refractivity contribution in [2.75, 3.05) is 0 Å². The lowest BCUT2D eigenvalue weighted by Gasteiger charge is -2.07. The van der Waals surface area contributed by atoms with E-state index in [0.29, 0.717) is 11.7 Å². The van der Waals surface area contributed by atoms with Gasteiger partial charge in [-0.2, -0.15) is 5.10 Å². The number of hydrogen-bond donors (Lipinski definition) is 2. The highest BCUT2D eigenvalue weighted by molar-refractivity contribution is 7.80. The number of nitrogens with zero attached hydrogens (tertiary/aromatic N) is 1. The first kappa shape index (κ1) is 15.2. The molecule has 0 aliphatic heterocycles. The average molecular weight is 297 g/mol. The molecule has 2 aromatic rings. The monoisotopic (exact) mass is 297 g/mol. The highest BCUT2D eigenvalue weighted by Crippen LogP contribution is 2.07. The zero-order valence-corrected chi connectivity index (χ0v) is 13.1. The Labute approximate surface area is 131 Å². The third-order valence-corrected chi connectivity index (χ3v) is 3.34. The van der Waals surface area contributed by atoms with Gasteiger partial charge in [-0.15, -0.1) is 0 Å². The summed E-state index contributed by atoms with van der Waals surface area (Å²) < 4.78 is 0. The van der Waals surface area contributed by atoms with Crippen molar-refractivity contribution in [1.29, 1.82) is 0 Å². The van der Waals surface area contributed by atoms with Gasteiger partial charge in [0.05, 0.1) is 6.21 Å². The molecule has 0 amide bonds. The number of nitrogens with one attached hydrogen (secondary N) is 2. The molecule has 0 aliphatic carbocycles. The molecule has 0 aromatic heterocycles. The van der Waals surface area contributed by atoms with E-state index in [0.717, 1.165) is 5.56 Å². The zero-order valence-electron chi connectivity index (χ0n) is 12.3. The van der Waals surface area contributed by atoms with Crippen molar-refractivity contribution in [1.82, 2.24) is 10.7 Å². The third-order valence-electron chi connectivity index (χ3n) is 3.10. The maximum absolute atomic E-state index is 5.19. The standard InChI is InChI=1S/C17H19N3S/c1-13-8-9-14(2)16(10-13)12-19-20-17(21)18-11-15-6-4-3-5-7-15/h3-10,12H,11H2,1-2H3,(H2,18,20,21). The lowest BCUT2D eigenvalue weighted by Crippen LogP contribution is -2.31. The summed E-state index contributed by atoms with van der Waals surface area (Å²) in [5.74, 6) is 0. The van der Waals surface area contributed by atoms with Crippen LogP contribution in [0.15, 0.2) is 53.6 Å². The Kier molecular flexibility index (Phi) is 5.46. The van der Waals surface area contributed by atoms with Crippen molar-refractivity contribution in [2.24, 2.45) is 5.10 Å². The van der Waals surface area contributed by atoms with E-state index in [4.69, 9.17) is 12.2 Å². The van der Waals surface area contributed by atoms with Gasteiger partial charge in [0, 0.05) is 6.54 Å². The molecule has 0 atom stereocenters. The Balaban J connectivity index is 1.83. The quantitative estimate of drug-likeness (QED) is 0.516. The summed E-state index contributed by atoms with van der Waals surface area (Å²) in [4.78, 5) is 0. The van der Waals surface area contributed by atoms with Gasteiger partial charge >= 0.3 is 0 Å². The minimum Gasteiger partial charge on any atom is -0.357 e. The van der Waals surface area contributed by atoms with Crippen LogP contribution in [-0.4, -0.2) is 11.3 Å². The fourth-order valence-electron chi connectivity index (χ4n) is 1.88. The van der Waals surface area contributed by atoms with Gasteiger partial charge in [0.15, 0.2) is 5.11 Å². The van der Waals surface area contributed by atoms with Gasteiger partial charge in [0.25, 0.3) is 0 Å². The van der Waals surface area contributed by atoms with E-state index >= 15 is 0 Å². The van der Waals surface area contributed by atoms with Crippen LogP contribution >= 0.6 is 12.2 Å². The predicted octanol–water partition coefficient (Wildman–Crippen LogP) is 3.30. The van der Waals surface area contributed by atoms with E-state index in [1.807, 2.05) is 18.2 Å². The van der Waals surface area contributed by atoms with Gasteiger partial charge in [-0.1, -0.05) is 54.1 Å². The number of benzene rings is 2. The van der Waals surface area contributed by atoms with Crippen molar-refractivity contribution in [3.63, 3.8) is 0 Å². The lowest BCUT2D eigenvalue weighted by molar-refractivity contribution is 0.869. The van der Waals surface area contributed by atoms with Crippen LogP contribution in [0.5, 0.6) is 0 Å². The first-order valence-electron chi connectivity index (χ1n) is 6.83. The molecule has 0 bridgehead atoms. The van der Waals surface area contributed by atoms with E-state index < -0.39 is 0 Å². The molecule has 0 fully saturated rings. The second-order valence-corrected chi connectivity index (χ2v) is 5.31. The zero-order chi connectivity index (χ0) is 15.1. The Hall–Kier alpha value is -2.20. The van der Waals surface area contributed by atoms with Crippen molar-refractivity contribution in [3.8, 4) is 0 Å². The molecule has 0 heterocycles. The molecule has 0 radical (unpaired) electrons. The highest BCUT2D eigenvalue weighted by atomic mass is 32.1. The van der Waals surface area contributed by atoms with E-state index in [1.54, 1.807) is 6.21 Å². The molecule has 0 unspecified atom stereocenters. The van der Waals surface area contributed by atoms with E-state index in [-0.39, 0.29) is 0 Å². The maximum Gasteiger partial charge on any atom is 0.187 e.